The minimum atomic E-state index is -1.67. The van der Waals surface area contributed by atoms with E-state index in [9.17, 15) is 30.3 Å². The van der Waals surface area contributed by atoms with Gasteiger partial charge < -0.3 is 0 Å². The van der Waals surface area contributed by atoms with Gasteiger partial charge in [-0.3, -0.25) is 30.3 Å². The summed E-state index contributed by atoms with van der Waals surface area (Å²) >= 11 is 0. The van der Waals surface area contributed by atoms with Crippen LogP contribution in [0.1, 0.15) is 40.0 Å². The van der Waals surface area contributed by atoms with Gasteiger partial charge in [0, 0.05) is 12.5 Å². The zero-order chi connectivity index (χ0) is 20.2. The number of non-ortho nitro benzene ring substituents is 1. The highest BCUT2D eigenvalue weighted by molar-refractivity contribution is 5.61. The summed E-state index contributed by atoms with van der Waals surface area (Å²) in [6.45, 7) is 5.80. The van der Waals surface area contributed by atoms with Gasteiger partial charge >= 0.3 is 11.4 Å². The summed E-state index contributed by atoms with van der Waals surface area (Å²) in [6.07, 6.45) is 1.70. The van der Waals surface area contributed by atoms with Crippen LogP contribution in [0.4, 0.5) is 17.1 Å². The molecule has 27 heavy (non-hydrogen) atoms. The fourth-order valence-electron chi connectivity index (χ4n) is 4.70. The van der Waals surface area contributed by atoms with Crippen molar-refractivity contribution in [3.8, 4) is 0 Å². The number of nitro benzene ring substituents is 2. The van der Waals surface area contributed by atoms with Crippen LogP contribution in [-0.4, -0.2) is 20.4 Å². The zero-order valence-electron chi connectivity index (χ0n) is 15.1. The summed E-state index contributed by atoms with van der Waals surface area (Å²) in [6, 6.07) is 2.93. The number of hydrogen-bond acceptors (Lipinski definition) is 8. The van der Waals surface area contributed by atoms with Gasteiger partial charge in [-0.2, -0.15) is 0 Å². The third-order valence-corrected chi connectivity index (χ3v) is 6.84. The minimum absolute atomic E-state index is 0.110. The molecule has 0 aliphatic heterocycles. The number of benzene rings is 1. The molecule has 0 saturated heterocycles. The Morgan fingerprint density at radius 3 is 2.19 bits per heavy atom. The highest BCUT2D eigenvalue weighted by Crippen LogP contribution is 2.71. The van der Waals surface area contributed by atoms with E-state index in [1.807, 2.05) is 20.8 Å². The standard InChI is InChI=1S/C16H19N5O6/c1-14(2)10-6-7-15(14,3)16(9-10,21(26)27)18-17-12-5-4-11(19(22)23)8-13(12)20(24)25/h4-5,8,10H,6-7,9H2,1-3H3. The highest BCUT2D eigenvalue weighted by atomic mass is 16.6. The van der Waals surface area contributed by atoms with E-state index in [0.717, 1.165) is 24.6 Å². The Morgan fingerprint density at radius 1 is 1.07 bits per heavy atom. The molecule has 3 atom stereocenters. The first kappa shape index (κ1) is 18.8. The van der Waals surface area contributed by atoms with Crippen molar-refractivity contribution in [3.63, 3.8) is 0 Å². The van der Waals surface area contributed by atoms with Gasteiger partial charge in [0.05, 0.1) is 26.3 Å². The molecule has 0 aromatic heterocycles. The number of rotatable bonds is 5. The van der Waals surface area contributed by atoms with E-state index < -0.39 is 37.2 Å². The van der Waals surface area contributed by atoms with E-state index in [0.29, 0.717) is 6.42 Å². The molecule has 144 valence electrons. The first-order valence-electron chi connectivity index (χ1n) is 8.46. The molecule has 0 spiro atoms. The molecule has 1 aromatic rings. The molecule has 0 heterocycles. The van der Waals surface area contributed by atoms with Gasteiger partial charge in [-0.05, 0) is 30.2 Å². The summed E-state index contributed by atoms with van der Waals surface area (Å²) in [4.78, 5) is 32.1. The highest BCUT2D eigenvalue weighted by Gasteiger charge is 2.76. The Hall–Kier alpha value is -2.98. The van der Waals surface area contributed by atoms with Gasteiger partial charge in [-0.25, -0.2) is 0 Å². The van der Waals surface area contributed by atoms with Crippen LogP contribution in [0.15, 0.2) is 28.4 Å². The molecule has 0 amide bonds. The fraction of sp³-hybridized carbons (Fsp3) is 0.625. The van der Waals surface area contributed by atoms with E-state index in [-0.39, 0.29) is 23.4 Å². The molecule has 2 fully saturated rings. The minimum Gasteiger partial charge on any atom is -0.262 e. The molecule has 2 bridgehead atoms. The van der Waals surface area contributed by atoms with Crippen LogP contribution in [0, 0.1) is 47.1 Å². The lowest BCUT2D eigenvalue weighted by molar-refractivity contribution is -0.591. The zero-order valence-corrected chi connectivity index (χ0v) is 15.1. The lowest BCUT2D eigenvalue weighted by atomic mass is 9.67. The van der Waals surface area contributed by atoms with Crippen molar-refractivity contribution in [2.24, 2.45) is 27.0 Å². The lowest BCUT2D eigenvalue weighted by Gasteiger charge is -2.38. The Morgan fingerprint density at radius 2 is 1.74 bits per heavy atom. The second kappa shape index (κ2) is 5.76. The third-order valence-electron chi connectivity index (χ3n) is 6.84. The van der Waals surface area contributed by atoms with Crippen molar-refractivity contribution >= 4 is 17.1 Å². The third kappa shape index (κ3) is 2.41. The summed E-state index contributed by atoms with van der Waals surface area (Å²) < 4.78 is 0. The molecule has 11 heteroatoms. The van der Waals surface area contributed by atoms with Gasteiger partial charge in [0.2, 0.25) is 0 Å². The molecule has 0 N–H and O–H groups in total. The van der Waals surface area contributed by atoms with Crippen molar-refractivity contribution in [3.05, 3.63) is 48.5 Å². The number of nitrogens with zero attached hydrogens (tertiary/aromatic N) is 5. The fourth-order valence-corrected chi connectivity index (χ4v) is 4.70. The van der Waals surface area contributed by atoms with Gasteiger partial charge in [0.15, 0.2) is 5.69 Å². The number of azo groups is 1. The Labute approximate surface area is 153 Å². The topological polar surface area (TPSA) is 154 Å². The van der Waals surface area contributed by atoms with Crippen LogP contribution >= 0.6 is 0 Å². The van der Waals surface area contributed by atoms with Crippen LogP contribution < -0.4 is 0 Å². The summed E-state index contributed by atoms with van der Waals surface area (Å²) in [7, 11) is 0. The Balaban J connectivity index is 2.08. The van der Waals surface area contributed by atoms with Gasteiger partial charge in [-0.15, -0.1) is 10.2 Å². The molecule has 0 radical (unpaired) electrons. The first-order valence-corrected chi connectivity index (χ1v) is 8.46. The van der Waals surface area contributed by atoms with Crippen molar-refractivity contribution in [2.75, 3.05) is 0 Å². The van der Waals surface area contributed by atoms with E-state index in [2.05, 4.69) is 10.2 Å². The van der Waals surface area contributed by atoms with Crippen LogP contribution in [0.3, 0.4) is 0 Å². The second-order valence-corrected chi connectivity index (χ2v) is 7.95. The molecule has 3 unspecified atom stereocenters. The average molecular weight is 377 g/mol. The van der Waals surface area contributed by atoms with Crippen molar-refractivity contribution < 1.29 is 14.8 Å². The molecule has 2 aliphatic carbocycles. The number of fused-ring (bicyclic) bond motifs is 2. The molecule has 2 saturated carbocycles. The molecule has 11 nitrogen and oxygen atoms in total. The Kier molecular flexibility index (Phi) is 4.01. The number of hydrogen-bond donors (Lipinski definition) is 0. The van der Waals surface area contributed by atoms with Gasteiger partial charge in [0.1, 0.15) is 0 Å². The van der Waals surface area contributed by atoms with Gasteiger partial charge in [0.25, 0.3) is 5.69 Å². The summed E-state index contributed by atoms with van der Waals surface area (Å²) in [5.74, 6) is 0.110. The Bertz CT molecular complexity index is 884. The number of nitro groups is 3. The van der Waals surface area contributed by atoms with Crippen LogP contribution in [0.2, 0.25) is 0 Å². The molecular formula is C16H19N5O6. The lowest BCUT2D eigenvalue weighted by Crippen LogP contribution is -2.51. The maximum Gasteiger partial charge on any atom is 0.335 e. The van der Waals surface area contributed by atoms with Crippen molar-refractivity contribution in [1.82, 2.24) is 0 Å². The summed E-state index contributed by atoms with van der Waals surface area (Å²) in [5, 5.41) is 42.0. The van der Waals surface area contributed by atoms with Crippen molar-refractivity contribution in [1.29, 1.82) is 0 Å². The molecule has 2 aliphatic rings. The van der Waals surface area contributed by atoms with E-state index >= 15 is 0 Å². The van der Waals surface area contributed by atoms with Crippen LogP contribution in [-0.2, 0) is 0 Å². The normalized spacial score (nSPS) is 31.3. The second-order valence-electron chi connectivity index (χ2n) is 7.95. The molecular weight excluding hydrogens is 358 g/mol. The predicted molar refractivity (Wildman–Crippen MR) is 93.2 cm³/mol. The first-order chi connectivity index (χ1) is 12.5. The maximum absolute atomic E-state index is 12.0. The van der Waals surface area contributed by atoms with Crippen LogP contribution in [0.5, 0.6) is 0 Å². The van der Waals surface area contributed by atoms with E-state index in [4.69, 9.17) is 0 Å². The average Bonchev–Trinajstić information content (AvgIpc) is 2.91. The van der Waals surface area contributed by atoms with E-state index in [1.165, 1.54) is 0 Å². The van der Waals surface area contributed by atoms with Gasteiger partial charge in [-0.1, -0.05) is 20.8 Å². The summed E-state index contributed by atoms with van der Waals surface area (Å²) in [5.41, 5.74) is -4.05. The van der Waals surface area contributed by atoms with Crippen molar-refractivity contribution in [2.45, 2.75) is 45.7 Å². The maximum atomic E-state index is 12.0. The SMILES string of the molecule is CC1(C)C2CCC1(C)C(N=Nc1ccc([N+](=O)[O-])cc1[N+](=O)[O-])([N+](=O)[O-])C2. The van der Waals surface area contributed by atoms with Crippen LogP contribution in [0.25, 0.3) is 0 Å². The van der Waals surface area contributed by atoms with E-state index in [1.54, 1.807) is 0 Å². The predicted octanol–water partition coefficient (Wildman–Crippen LogP) is 4.41. The largest absolute Gasteiger partial charge is 0.335 e. The molecule has 3 rings (SSSR count). The smallest absolute Gasteiger partial charge is 0.262 e. The monoisotopic (exact) mass is 377 g/mol. The quantitative estimate of drug-likeness (QED) is 0.420. The molecule has 1 aromatic carbocycles.